The van der Waals surface area contributed by atoms with Crippen molar-refractivity contribution >= 4 is 21.4 Å². The Kier molecular flexibility index (Phi) is 5.99. The molecule has 1 aliphatic carbocycles. The normalized spacial score (nSPS) is 19.9. The first-order valence-corrected chi connectivity index (χ1v) is 12.8. The number of anilines is 1. The van der Waals surface area contributed by atoms with Crippen LogP contribution in [0.3, 0.4) is 0 Å². The highest BCUT2D eigenvalue weighted by Gasteiger charge is 2.49. The van der Waals surface area contributed by atoms with Crippen molar-refractivity contribution in [3.8, 4) is 5.75 Å². The number of alkyl halides is 3. The van der Waals surface area contributed by atoms with Gasteiger partial charge in [0.05, 0.1) is 21.6 Å². The molecule has 2 aromatic rings. The Hall–Kier alpha value is -2.55. The van der Waals surface area contributed by atoms with Crippen molar-refractivity contribution in [2.45, 2.75) is 62.3 Å². The molecule has 1 heterocycles. The lowest BCUT2D eigenvalue weighted by molar-refractivity contribution is -0.137. The summed E-state index contributed by atoms with van der Waals surface area (Å²) in [6.07, 6.45) is -2.76. The van der Waals surface area contributed by atoms with Crippen molar-refractivity contribution < 1.29 is 31.1 Å². The summed E-state index contributed by atoms with van der Waals surface area (Å²) in [4.78, 5) is 14.3. The molecule has 0 spiro atoms. The second-order valence-corrected chi connectivity index (χ2v) is 11.9. The highest BCUT2D eigenvalue weighted by Crippen LogP contribution is 2.50. The number of carbonyl (C=O) groups excluding carboxylic acids is 1. The van der Waals surface area contributed by atoms with Gasteiger partial charge < -0.3 is 9.64 Å². The molecule has 0 unspecified atom stereocenters. The van der Waals surface area contributed by atoms with Gasteiger partial charge in [0, 0.05) is 6.54 Å². The largest absolute Gasteiger partial charge is 0.490 e. The number of fused-ring (bicyclic) bond motifs is 1. The summed E-state index contributed by atoms with van der Waals surface area (Å²) in [6.45, 7) is 5.99. The summed E-state index contributed by atoms with van der Waals surface area (Å²) in [7, 11) is -4.16. The van der Waals surface area contributed by atoms with Gasteiger partial charge in [0.2, 0.25) is 5.91 Å². The molecule has 1 aliphatic heterocycles. The Labute approximate surface area is 197 Å². The molecule has 2 aromatic carbocycles. The van der Waals surface area contributed by atoms with Crippen LogP contribution in [-0.2, 0) is 25.6 Å². The Morgan fingerprint density at radius 2 is 1.74 bits per heavy atom. The maximum atomic E-state index is 13.9. The quantitative estimate of drug-likeness (QED) is 0.544. The highest BCUT2D eigenvalue weighted by atomic mass is 32.2. The first-order valence-electron chi connectivity index (χ1n) is 11.3. The van der Waals surface area contributed by atoms with E-state index in [-0.39, 0.29) is 17.4 Å². The number of benzene rings is 2. The molecule has 9 heteroatoms. The lowest BCUT2D eigenvalue weighted by Crippen LogP contribution is -2.42. The molecular weight excluding hydrogens is 467 g/mol. The van der Waals surface area contributed by atoms with Crippen LogP contribution >= 0.6 is 0 Å². The monoisotopic (exact) mass is 495 g/mol. The zero-order valence-electron chi connectivity index (χ0n) is 19.4. The van der Waals surface area contributed by atoms with E-state index >= 15 is 0 Å². The van der Waals surface area contributed by atoms with Crippen molar-refractivity contribution in [2.24, 2.45) is 5.41 Å². The van der Waals surface area contributed by atoms with Crippen LogP contribution in [0.5, 0.6) is 5.75 Å². The van der Waals surface area contributed by atoms with Crippen LogP contribution in [-0.4, -0.2) is 27.5 Å². The zero-order valence-corrected chi connectivity index (χ0v) is 20.2. The fraction of sp³-hybridized carbons (Fsp3) is 0.480. The maximum Gasteiger partial charge on any atom is 0.416 e. The predicted octanol–water partition coefficient (Wildman–Crippen LogP) is 5.72. The molecule has 184 valence electrons. The van der Waals surface area contributed by atoms with Gasteiger partial charge in [-0.1, -0.05) is 25.0 Å². The molecule has 1 fully saturated rings. The van der Waals surface area contributed by atoms with E-state index in [0.717, 1.165) is 18.2 Å². The lowest BCUT2D eigenvalue weighted by Gasteiger charge is -2.31. The summed E-state index contributed by atoms with van der Waals surface area (Å²) in [5, 5.41) is 0. The summed E-state index contributed by atoms with van der Waals surface area (Å²) < 4.78 is 72.3. The number of hydrogen-bond acceptors (Lipinski definition) is 4. The molecule has 0 atom stereocenters. The van der Waals surface area contributed by atoms with Gasteiger partial charge >= 0.3 is 6.18 Å². The minimum absolute atomic E-state index is 0.0892. The average molecular weight is 496 g/mol. The lowest BCUT2D eigenvalue weighted by atomic mass is 9.93. The van der Waals surface area contributed by atoms with E-state index in [9.17, 15) is 26.4 Å². The number of hydrogen-bond donors (Lipinski definition) is 0. The number of ether oxygens (including phenoxy) is 1. The van der Waals surface area contributed by atoms with E-state index < -0.39 is 31.7 Å². The van der Waals surface area contributed by atoms with Crippen LogP contribution in [0.4, 0.5) is 18.9 Å². The summed E-state index contributed by atoms with van der Waals surface area (Å²) in [5.74, 6) is 0.317. The van der Waals surface area contributed by atoms with Gasteiger partial charge in [-0.25, -0.2) is 8.42 Å². The Bertz CT molecular complexity index is 1210. The van der Waals surface area contributed by atoms with E-state index in [4.69, 9.17) is 4.74 Å². The third kappa shape index (κ3) is 3.87. The smallest absolute Gasteiger partial charge is 0.416 e. The van der Waals surface area contributed by atoms with E-state index in [1.807, 2.05) is 6.92 Å². The molecule has 34 heavy (non-hydrogen) atoms. The standard InChI is InChI=1S/C25H28F3NO4S/c1-4-29-20-11-10-17(15-21(20)33-16-23(2,3)22(29)30)24(12-5-6-13-24)34(31,32)19-9-7-8-18(14-19)25(26,27)28/h7-11,14-15H,4-6,12-13,16H2,1-3H3. The van der Waals surface area contributed by atoms with Gasteiger partial charge in [-0.15, -0.1) is 0 Å². The van der Waals surface area contributed by atoms with Gasteiger partial charge in [0.15, 0.2) is 9.84 Å². The highest BCUT2D eigenvalue weighted by molar-refractivity contribution is 7.92. The van der Waals surface area contributed by atoms with Gasteiger partial charge in [-0.2, -0.15) is 13.2 Å². The van der Waals surface area contributed by atoms with Crippen LogP contribution in [0, 0.1) is 5.41 Å². The molecule has 1 amide bonds. The van der Waals surface area contributed by atoms with Crippen molar-refractivity contribution in [3.63, 3.8) is 0 Å². The molecule has 1 saturated carbocycles. The SMILES string of the molecule is CCN1C(=O)C(C)(C)COc2cc(C3(S(=O)(=O)c4cccc(C(F)(F)F)c4)CCCC3)ccc21. The van der Waals surface area contributed by atoms with E-state index in [0.29, 0.717) is 49.2 Å². The molecule has 0 radical (unpaired) electrons. The second kappa shape index (κ2) is 8.29. The molecule has 0 saturated heterocycles. The van der Waals surface area contributed by atoms with Crippen molar-refractivity contribution in [3.05, 3.63) is 53.6 Å². The van der Waals surface area contributed by atoms with E-state index in [1.54, 1.807) is 36.9 Å². The molecule has 4 rings (SSSR count). The molecule has 0 N–H and O–H groups in total. The van der Waals surface area contributed by atoms with Crippen molar-refractivity contribution in [1.29, 1.82) is 0 Å². The number of halogens is 3. The first kappa shape index (κ1) is 24.6. The van der Waals surface area contributed by atoms with Gasteiger partial charge in [-0.05, 0) is 69.5 Å². The van der Waals surface area contributed by atoms with Crippen molar-refractivity contribution in [1.82, 2.24) is 0 Å². The maximum absolute atomic E-state index is 13.9. The third-order valence-electron chi connectivity index (χ3n) is 6.90. The minimum Gasteiger partial charge on any atom is -0.490 e. The van der Waals surface area contributed by atoms with E-state index in [1.165, 1.54) is 6.07 Å². The Morgan fingerprint density at radius 3 is 2.35 bits per heavy atom. The molecule has 2 aliphatic rings. The second-order valence-electron chi connectivity index (χ2n) is 9.63. The number of sulfone groups is 1. The van der Waals surface area contributed by atoms with Crippen molar-refractivity contribution in [2.75, 3.05) is 18.1 Å². The topological polar surface area (TPSA) is 63.7 Å². The summed E-state index contributed by atoms with van der Waals surface area (Å²) in [6, 6.07) is 8.96. The van der Waals surface area contributed by atoms with Gasteiger partial charge in [0.25, 0.3) is 0 Å². The van der Waals surface area contributed by atoms with Gasteiger partial charge in [0.1, 0.15) is 17.1 Å². The first-order chi connectivity index (χ1) is 15.8. The number of nitrogens with zero attached hydrogens (tertiary/aromatic N) is 1. The van der Waals surface area contributed by atoms with Crippen LogP contribution in [0.1, 0.15) is 57.6 Å². The van der Waals surface area contributed by atoms with Crippen LogP contribution in [0.25, 0.3) is 0 Å². The number of rotatable bonds is 4. The van der Waals surface area contributed by atoms with Crippen LogP contribution < -0.4 is 9.64 Å². The summed E-state index contributed by atoms with van der Waals surface area (Å²) >= 11 is 0. The molecule has 5 nitrogen and oxygen atoms in total. The van der Waals surface area contributed by atoms with Crippen LogP contribution in [0.15, 0.2) is 47.4 Å². The number of carbonyl (C=O) groups is 1. The van der Waals surface area contributed by atoms with Crippen LogP contribution in [0.2, 0.25) is 0 Å². The van der Waals surface area contributed by atoms with Gasteiger partial charge in [-0.3, -0.25) is 4.79 Å². The fourth-order valence-corrected chi connectivity index (χ4v) is 7.22. The molecular formula is C25H28F3NO4S. The zero-order chi connectivity index (χ0) is 24.9. The minimum atomic E-state index is -4.64. The molecule has 0 bridgehead atoms. The Balaban J connectivity index is 1.84. The predicted molar refractivity (Wildman–Crippen MR) is 123 cm³/mol. The molecule has 0 aromatic heterocycles. The average Bonchev–Trinajstić information content (AvgIpc) is 3.27. The summed E-state index contributed by atoms with van der Waals surface area (Å²) in [5.41, 5.74) is -0.716. The fourth-order valence-electron chi connectivity index (χ4n) is 4.97. The van der Waals surface area contributed by atoms with E-state index in [2.05, 4.69) is 0 Å². The number of amides is 1. The third-order valence-corrected chi connectivity index (χ3v) is 9.45. The Morgan fingerprint density at radius 1 is 1.06 bits per heavy atom.